The number of hydrogen-bond donors (Lipinski definition) is 1. The molecule has 0 bridgehead atoms. The molecule has 1 heterocycles. The first kappa shape index (κ1) is 18.6. The molecule has 7 heteroatoms. The number of rotatable bonds is 5. The summed E-state index contributed by atoms with van der Waals surface area (Å²) in [4.78, 5) is 16.7. The van der Waals surface area contributed by atoms with E-state index < -0.39 is 11.8 Å². The molecule has 0 atom stereocenters. The van der Waals surface area contributed by atoms with Crippen LogP contribution in [-0.4, -0.2) is 18.0 Å². The van der Waals surface area contributed by atoms with E-state index in [2.05, 4.69) is 10.3 Å². The SMILES string of the molecule is COc1ccc(-c2nc(C(=O)Nc3cccc(C(C)(F)F)c3)c(C)o2)cc1. The minimum absolute atomic E-state index is 0.0921. The van der Waals surface area contributed by atoms with Crippen molar-refractivity contribution >= 4 is 11.6 Å². The number of anilines is 1. The zero-order valence-corrected chi connectivity index (χ0v) is 15.0. The summed E-state index contributed by atoms with van der Waals surface area (Å²) in [6.45, 7) is 2.42. The van der Waals surface area contributed by atoms with Gasteiger partial charge in [-0.25, -0.2) is 13.8 Å². The third-order valence-corrected chi connectivity index (χ3v) is 3.98. The number of nitrogens with one attached hydrogen (secondary N) is 1. The van der Waals surface area contributed by atoms with Crippen LogP contribution in [0.25, 0.3) is 11.5 Å². The first-order valence-electron chi connectivity index (χ1n) is 8.19. The summed E-state index contributed by atoms with van der Waals surface area (Å²) in [6, 6.07) is 12.6. The van der Waals surface area contributed by atoms with Gasteiger partial charge in [0.1, 0.15) is 11.5 Å². The maximum Gasteiger partial charge on any atom is 0.277 e. The number of hydrogen-bond acceptors (Lipinski definition) is 4. The molecule has 0 aliphatic carbocycles. The lowest BCUT2D eigenvalue weighted by molar-refractivity contribution is 0.0175. The number of aryl methyl sites for hydroxylation is 1. The van der Waals surface area contributed by atoms with Crippen LogP contribution < -0.4 is 10.1 Å². The fourth-order valence-electron chi connectivity index (χ4n) is 2.52. The van der Waals surface area contributed by atoms with Crippen molar-refractivity contribution in [1.82, 2.24) is 4.98 Å². The number of aromatic nitrogens is 1. The third kappa shape index (κ3) is 4.13. The Morgan fingerprint density at radius 3 is 2.52 bits per heavy atom. The fraction of sp³-hybridized carbons (Fsp3) is 0.200. The number of ether oxygens (including phenoxy) is 1. The number of halogens is 2. The Morgan fingerprint density at radius 1 is 1.19 bits per heavy atom. The predicted molar refractivity (Wildman–Crippen MR) is 97.2 cm³/mol. The van der Waals surface area contributed by atoms with Crippen molar-refractivity contribution in [3.05, 3.63) is 65.5 Å². The number of methoxy groups -OCH3 is 1. The van der Waals surface area contributed by atoms with Gasteiger partial charge >= 0.3 is 0 Å². The minimum atomic E-state index is -2.99. The van der Waals surface area contributed by atoms with E-state index in [1.54, 1.807) is 38.3 Å². The van der Waals surface area contributed by atoms with E-state index in [0.717, 1.165) is 6.92 Å². The number of carbonyl (C=O) groups is 1. The standard InChI is InChI=1S/C20H18F2N2O3/c1-12-17(24-19(27-12)13-7-9-16(26-3)10-8-13)18(25)23-15-6-4-5-14(11-15)20(2,21)22/h4-11H,1-3H3,(H,23,25). The fourth-order valence-corrected chi connectivity index (χ4v) is 2.52. The third-order valence-electron chi connectivity index (χ3n) is 3.98. The van der Waals surface area contributed by atoms with Crippen molar-refractivity contribution in [3.63, 3.8) is 0 Å². The predicted octanol–water partition coefficient (Wildman–Crippen LogP) is 5.02. The first-order valence-corrected chi connectivity index (χ1v) is 8.19. The van der Waals surface area contributed by atoms with Gasteiger partial charge in [-0.05, 0) is 43.3 Å². The van der Waals surface area contributed by atoms with Crippen LogP contribution in [0.4, 0.5) is 14.5 Å². The normalized spacial score (nSPS) is 11.3. The lowest BCUT2D eigenvalue weighted by atomic mass is 10.1. The molecule has 1 N–H and O–H groups in total. The molecule has 2 aromatic carbocycles. The van der Waals surface area contributed by atoms with Crippen LogP contribution in [0.3, 0.4) is 0 Å². The van der Waals surface area contributed by atoms with Gasteiger partial charge in [-0.15, -0.1) is 0 Å². The van der Waals surface area contributed by atoms with Crippen LogP contribution >= 0.6 is 0 Å². The maximum atomic E-state index is 13.5. The molecule has 0 spiro atoms. The number of carbonyl (C=O) groups excluding carboxylic acids is 1. The van der Waals surface area contributed by atoms with Crippen LogP contribution in [0.2, 0.25) is 0 Å². The molecule has 3 aromatic rings. The summed E-state index contributed by atoms with van der Waals surface area (Å²) in [5.74, 6) is -2.23. The molecule has 0 radical (unpaired) electrons. The molecule has 0 saturated heterocycles. The Morgan fingerprint density at radius 2 is 1.89 bits per heavy atom. The van der Waals surface area contributed by atoms with Gasteiger partial charge in [0.05, 0.1) is 7.11 Å². The van der Waals surface area contributed by atoms with E-state index in [1.807, 2.05) is 0 Å². The molecule has 1 aromatic heterocycles. The monoisotopic (exact) mass is 372 g/mol. The van der Waals surface area contributed by atoms with Crippen molar-refractivity contribution in [2.75, 3.05) is 12.4 Å². The molecule has 0 aliphatic rings. The average Bonchev–Trinajstić information content (AvgIpc) is 3.03. The quantitative estimate of drug-likeness (QED) is 0.683. The number of oxazole rings is 1. The zero-order chi connectivity index (χ0) is 19.6. The molecular weight excluding hydrogens is 354 g/mol. The van der Waals surface area contributed by atoms with Crippen molar-refractivity contribution in [3.8, 4) is 17.2 Å². The summed E-state index contributed by atoms with van der Waals surface area (Å²) in [7, 11) is 1.57. The smallest absolute Gasteiger partial charge is 0.277 e. The zero-order valence-electron chi connectivity index (χ0n) is 15.0. The van der Waals surface area contributed by atoms with E-state index in [1.165, 1.54) is 24.3 Å². The summed E-state index contributed by atoms with van der Waals surface area (Å²) in [5.41, 5.74) is 0.851. The lowest BCUT2D eigenvalue weighted by Gasteiger charge is -2.12. The molecule has 27 heavy (non-hydrogen) atoms. The average molecular weight is 372 g/mol. The van der Waals surface area contributed by atoms with Crippen molar-refractivity contribution in [1.29, 1.82) is 0 Å². The van der Waals surface area contributed by atoms with Gasteiger partial charge in [-0.1, -0.05) is 12.1 Å². The van der Waals surface area contributed by atoms with E-state index >= 15 is 0 Å². The van der Waals surface area contributed by atoms with Gasteiger partial charge in [0, 0.05) is 23.7 Å². The molecule has 0 unspecified atom stereocenters. The molecular formula is C20H18F2N2O3. The highest BCUT2D eigenvalue weighted by Crippen LogP contribution is 2.29. The number of amides is 1. The maximum absolute atomic E-state index is 13.5. The Kier molecular flexibility index (Phi) is 4.94. The van der Waals surface area contributed by atoms with Gasteiger partial charge in [-0.2, -0.15) is 0 Å². The van der Waals surface area contributed by atoms with Gasteiger partial charge in [-0.3, -0.25) is 4.79 Å². The molecule has 0 saturated carbocycles. The van der Waals surface area contributed by atoms with Gasteiger partial charge in [0.2, 0.25) is 5.89 Å². The van der Waals surface area contributed by atoms with Gasteiger partial charge in [0.25, 0.3) is 11.8 Å². The highest BCUT2D eigenvalue weighted by Gasteiger charge is 2.25. The summed E-state index contributed by atoms with van der Waals surface area (Å²) in [5, 5.41) is 2.58. The molecule has 0 fully saturated rings. The molecule has 0 aliphatic heterocycles. The molecule has 3 rings (SSSR count). The lowest BCUT2D eigenvalue weighted by Crippen LogP contribution is -2.14. The van der Waals surface area contributed by atoms with E-state index in [9.17, 15) is 13.6 Å². The Bertz CT molecular complexity index is 960. The van der Waals surface area contributed by atoms with E-state index in [-0.39, 0.29) is 22.8 Å². The topological polar surface area (TPSA) is 64.4 Å². The minimum Gasteiger partial charge on any atom is -0.497 e. The van der Waals surface area contributed by atoms with Gasteiger partial charge < -0.3 is 14.5 Å². The first-order chi connectivity index (χ1) is 12.8. The molecule has 1 amide bonds. The number of alkyl halides is 2. The van der Waals surface area contributed by atoms with Crippen molar-refractivity contribution < 1.29 is 22.7 Å². The van der Waals surface area contributed by atoms with Crippen molar-refractivity contribution in [2.45, 2.75) is 19.8 Å². The number of benzene rings is 2. The highest BCUT2D eigenvalue weighted by molar-refractivity contribution is 6.03. The summed E-state index contributed by atoms with van der Waals surface area (Å²) < 4.78 is 37.6. The van der Waals surface area contributed by atoms with Gasteiger partial charge in [0.15, 0.2) is 5.69 Å². The summed E-state index contributed by atoms with van der Waals surface area (Å²) in [6.07, 6.45) is 0. The second-order valence-corrected chi connectivity index (χ2v) is 6.08. The van der Waals surface area contributed by atoms with Crippen LogP contribution in [0.5, 0.6) is 5.75 Å². The largest absolute Gasteiger partial charge is 0.497 e. The molecule has 140 valence electrons. The highest BCUT2D eigenvalue weighted by atomic mass is 19.3. The summed E-state index contributed by atoms with van der Waals surface area (Å²) >= 11 is 0. The Balaban J connectivity index is 1.82. The number of nitrogens with zero attached hydrogens (tertiary/aromatic N) is 1. The van der Waals surface area contributed by atoms with Crippen LogP contribution in [0.1, 0.15) is 28.7 Å². The van der Waals surface area contributed by atoms with Crippen LogP contribution in [0.15, 0.2) is 52.9 Å². The second-order valence-electron chi connectivity index (χ2n) is 6.08. The Labute approximate surface area is 155 Å². The molecule has 5 nitrogen and oxygen atoms in total. The van der Waals surface area contributed by atoms with E-state index in [4.69, 9.17) is 9.15 Å². The van der Waals surface area contributed by atoms with Crippen LogP contribution in [-0.2, 0) is 5.92 Å². The van der Waals surface area contributed by atoms with E-state index in [0.29, 0.717) is 17.1 Å². The van der Waals surface area contributed by atoms with Crippen molar-refractivity contribution in [2.24, 2.45) is 0 Å². The van der Waals surface area contributed by atoms with Crippen LogP contribution in [0, 0.1) is 6.92 Å². The second kappa shape index (κ2) is 7.19. The Hall–Kier alpha value is -3.22.